The summed E-state index contributed by atoms with van der Waals surface area (Å²) in [4.78, 5) is 3.89. The molecule has 0 bridgehead atoms. The van der Waals surface area contributed by atoms with Crippen molar-refractivity contribution in [2.75, 3.05) is 26.5 Å². The average Bonchev–Trinajstić information content (AvgIpc) is 3.30. The summed E-state index contributed by atoms with van der Waals surface area (Å²) < 4.78 is 16.4. The molecule has 0 radical (unpaired) electrons. The summed E-state index contributed by atoms with van der Waals surface area (Å²) >= 11 is 1.85. The largest absolute Gasteiger partial charge is 0.454 e. The van der Waals surface area contributed by atoms with Crippen LogP contribution in [0.15, 0.2) is 29.6 Å². The number of aliphatic hydroxyl groups is 1. The molecule has 0 unspecified atom stereocenters. The Morgan fingerprint density at radius 3 is 3.08 bits per heavy atom. The van der Waals surface area contributed by atoms with Crippen LogP contribution in [0.1, 0.15) is 35.4 Å². The molecule has 2 aromatic rings. The molecule has 0 saturated heterocycles. The number of nitrogens with zero attached hydrogens (tertiary/aromatic N) is 1. The maximum Gasteiger partial charge on any atom is 0.231 e. The molecule has 0 amide bonds. The molecule has 3 heterocycles. The van der Waals surface area contributed by atoms with E-state index < -0.39 is 6.10 Å². The van der Waals surface area contributed by atoms with Crippen molar-refractivity contribution in [3.05, 3.63) is 45.6 Å². The number of β-amino-alcohol motifs (C(OH)–C–C–N with tert-alkyl or cyclic N) is 1. The Balaban J connectivity index is 1.27. The van der Waals surface area contributed by atoms with Gasteiger partial charge in [0, 0.05) is 24.0 Å². The van der Waals surface area contributed by atoms with Crippen molar-refractivity contribution < 1.29 is 19.3 Å². The van der Waals surface area contributed by atoms with Crippen LogP contribution in [0.3, 0.4) is 0 Å². The second kappa shape index (κ2) is 7.96. The van der Waals surface area contributed by atoms with E-state index in [1.165, 1.54) is 10.4 Å². The van der Waals surface area contributed by atoms with E-state index in [0.717, 1.165) is 36.4 Å². The first kappa shape index (κ1) is 17.8. The molecule has 140 valence electrons. The topological polar surface area (TPSA) is 51.2 Å². The van der Waals surface area contributed by atoms with E-state index in [-0.39, 0.29) is 6.79 Å². The van der Waals surface area contributed by atoms with Gasteiger partial charge in [-0.2, -0.15) is 0 Å². The SMILES string of the molecule is CC[C@@H]1c2ccsc2CCN1C[C@H](O)COCc1ccc2c(c1)OCO2. The number of aliphatic hydroxyl groups excluding tert-OH is 1. The van der Waals surface area contributed by atoms with Crippen molar-refractivity contribution in [3.63, 3.8) is 0 Å². The fourth-order valence-corrected chi connectivity index (χ4v) is 4.74. The average molecular weight is 375 g/mol. The standard InChI is InChI=1S/C20H25NO4S/c1-2-17-16-6-8-26-20(16)5-7-21(17)10-15(22)12-23-11-14-3-4-18-19(9-14)25-13-24-18/h3-4,6,8-9,15,17,22H,2,5,7,10-13H2,1H3/t15-,17+/m0/s1. The summed E-state index contributed by atoms with van der Waals surface area (Å²) in [6.07, 6.45) is 1.65. The third-order valence-corrected chi connectivity index (χ3v) is 6.05. The summed E-state index contributed by atoms with van der Waals surface area (Å²) in [5, 5.41) is 12.6. The highest BCUT2D eigenvalue weighted by molar-refractivity contribution is 7.10. The minimum absolute atomic E-state index is 0.276. The number of rotatable bonds is 7. The van der Waals surface area contributed by atoms with Gasteiger partial charge in [-0.15, -0.1) is 11.3 Å². The van der Waals surface area contributed by atoms with E-state index in [2.05, 4.69) is 23.3 Å². The second-order valence-electron chi connectivity index (χ2n) is 6.82. The maximum absolute atomic E-state index is 10.4. The molecule has 2 aliphatic heterocycles. The number of thiophene rings is 1. The van der Waals surface area contributed by atoms with Crippen molar-refractivity contribution in [1.82, 2.24) is 4.90 Å². The Morgan fingerprint density at radius 2 is 2.19 bits per heavy atom. The van der Waals surface area contributed by atoms with E-state index in [9.17, 15) is 5.11 Å². The Hall–Kier alpha value is -1.60. The fourth-order valence-electron chi connectivity index (χ4n) is 3.81. The lowest BCUT2D eigenvalue weighted by atomic mass is 9.97. The highest BCUT2D eigenvalue weighted by Crippen LogP contribution is 2.35. The van der Waals surface area contributed by atoms with Crippen molar-refractivity contribution in [3.8, 4) is 11.5 Å². The van der Waals surface area contributed by atoms with Crippen LogP contribution in [0.5, 0.6) is 11.5 Å². The summed E-state index contributed by atoms with van der Waals surface area (Å²) in [5.41, 5.74) is 2.46. The fraction of sp³-hybridized carbons (Fsp3) is 0.500. The van der Waals surface area contributed by atoms with Gasteiger partial charge in [-0.05, 0) is 47.5 Å². The third kappa shape index (κ3) is 3.74. The molecule has 4 rings (SSSR count). The lowest BCUT2D eigenvalue weighted by molar-refractivity contribution is 0.000265. The minimum atomic E-state index is -0.488. The van der Waals surface area contributed by atoms with Crippen LogP contribution in [0.2, 0.25) is 0 Å². The Labute approximate surface area is 158 Å². The minimum Gasteiger partial charge on any atom is -0.454 e. The number of hydrogen-bond acceptors (Lipinski definition) is 6. The van der Waals surface area contributed by atoms with Gasteiger partial charge >= 0.3 is 0 Å². The van der Waals surface area contributed by atoms with Crippen LogP contribution < -0.4 is 9.47 Å². The molecule has 1 N–H and O–H groups in total. The zero-order valence-electron chi connectivity index (χ0n) is 15.0. The predicted octanol–water partition coefficient (Wildman–Crippen LogP) is 3.36. The monoisotopic (exact) mass is 375 g/mol. The molecule has 2 atom stereocenters. The summed E-state index contributed by atoms with van der Waals surface area (Å²) in [7, 11) is 0. The number of fused-ring (bicyclic) bond motifs is 2. The van der Waals surface area contributed by atoms with Crippen molar-refractivity contribution in [1.29, 1.82) is 0 Å². The third-order valence-electron chi connectivity index (χ3n) is 5.05. The molecular weight excluding hydrogens is 350 g/mol. The van der Waals surface area contributed by atoms with Gasteiger partial charge in [0.25, 0.3) is 0 Å². The Bertz CT molecular complexity index is 747. The molecular formula is C20H25NO4S. The van der Waals surface area contributed by atoms with Gasteiger partial charge < -0.3 is 19.3 Å². The summed E-state index contributed by atoms with van der Waals surface area (Å²) in [6.45, 7) is 4.93. The van der Waals surface area contributed by atoms with Crippen LogP contribution in [0, 0.1) is 0 Å². The quantitative estimate of drug-likeness (QED) is 0.804. The van der Waals surface area contributed by atoms with Gasteiger partial charge in [0.15, 0.2) is 11.5 Å². The molecule has 0 fully saturated rings. The van der Waals surface area contributed by atoms with Gasteiger partial charge in [0.2, 0.25) is 6.79 Å². The first-order chi connectivity index (χ1) is 12.7. The second-order valence-corrected chi connectivity index (χ2v) is 7.83. The molecule has 0 spiro atoms. The Kier molecular flexibility index (Phi) is 5.45. The lowest BCUT2D eigenvalue weighted by Gasteiger charge is -2.36. The summed E-state index contributed by atoms with van der Waals surface area (Å²) in [5.74, 6) is 1.54. The zero-order valence-corrected chi connectivity index (χ0v) is 15.8. The van der Waals surface area contributed by atoms with Crippen LogP contribution in [0.25, 0.3) is 0 Å². The molecule has 0 saturated carbocycles. The van der Waals surface area contributed by atoms with Crippen LogP contribution in [-0.2, 0) is 17.8 Å². The van der Waals surface area contributed by atoms with Crippen LogP contribution in [-0.4, -0.2) is 42.6 Å². The van der Waals surface area contributed by atoms with Crippen molar-refractivity contribution in [2.45, 2.75) is 38.5 Å². The highest BCUT2D eigenvalue weighted by atomic mass is 32.1. The van der Waals surface area contributed by atoms with E-state index in [4.69, 9.17) is 14.2 Å². The van der Waals surface area contributed by atoms with Gasteiger partial charge in [0.1, 0.15) is 0 Å². The number of benzene rings is 1. The molecule has 0 aliphatic carbocycles. The number of hydrogen-bond donors (Lipinski definition) is 1. The normalized spacial score (nSPS) is 20.2. The molecule has 2 aliphatic rings. The zero-order chi connectivity index (χ0) is 17.9. The van der Waals surface area contributed by atoms with Crippen LogP contribution >= 0.6 is 11.3 Å². The molecule has 1 aromatic heterocycles. The van der Waals surface area contributed by atoms with E-state index >= 15 is 0 Å². The molecule has 6 heteroatoms. The van der Waals surface area contributed by atoms with Gasteiger partial charge in [-0.3, -0.25) is 4.90 Å². The maximum atomic E-state index is 10.4. The van der Waals surface area contributed by atoms with E-state index in [1.54, 1.807) is 0 Å². The first-order valence-electron chi connectivity index (χ1n) is 9.19. The Morgan fingerprint density at radius 1 is 1.31 bits per heavy atom. The van der Waals surface area contributed by atoms with Crippen molar-refractivity contribution in [2.24, 2.45) is 0 Å². The van der Waals surface area contributed by atoms with E-state index in [1.807, 2.05) is 29.5 Å². The first-order valence-corrected chi connectivity index (χ1v) is 10.1. The van der Waals surface area contributed by atoms with Gasteiger partial charge in [-0.1, -0.05) is 13.0 Å². The molecule has 5 nitrogen and oxygen atoms in total. The number of ether oxygens (including phenoxy) is 3. The van der Waals surface area contributed by atoms with Crippen molar-refractivity contribution >= 4 is 11.3 Å². The van der Waals surface area contributed by atoms with Gasteiger partial charge in [-0.25, -0.2) is 0 Å². The highest BCUT2D eigenvalue weighted by Gasteiger charge is 2.28. The van der Waals surface area contributed by atoms with E-state index in [0.29, 0.717) is 25.8 Å². The predicted molar refractivity (Wildman–Crippen MR) is 101 cm³/mol. The summed E-state index contributed by atoms with van der Waals surface area (Å²) in [6, 6.07) is 8.45. The van der Waals surface area contributed by atoms with Crippen LogP contribution in [0.4, 0.5) is 0 Å². The van der Waals surface area contributed by atoms with Gasteiger partial charge in [0.05, 0.1) is 19.3 Å². The smallest absolute Gasteiger partial charge is 0.231 e. The molecule has 1 aromatic carbocycles. The lowest BCUT2D eigenvalue weighted by Crippen LogP contribution is -2.41. The molecule has 26 heavy (non-hydrogen) atoms.